The number of hydrogen-bond donors (Lipinski definition) is 1. The van der Waals surface area contributed by atoms with Gasteiger partial charge in [-0.3, -0.25) is 13.9 Å². The molecule has 2 amide bonds. The molecule has 0 aliphatic carbocycles. The van der Waals surface area contributed by atoms with Crippen LogP contribution in [-0.4, -0.2) is 57.6 Å². The lowest BCUT2D eigenvalue weighted by Crippen LogP contribution is -2.47. The van der Waals surface area contributed by atoms with Crippen molar-refractivity contribution in [1.29, 1.82) is 0 Å². The summed E-state index contributed by atoms with van der Waals surface area (Å²) in [6.45, 7) is 4.67. The lowest BCUT2D eigenvalue weighted by Gasteiger charge is -2.29. The lowest BCUT2D eigenvalue weighted by atomic mass is 10.1. The molecule has 8 nitrogen and oxygen atoms in total. The van der Waals surface area contributed by atoms with Gasteiger partial charge in [-0.15, -0.1) is 0 Å². The van der Waals surface area contributed by atoms with Crippen LogP contribution >= 0.6 is 0 Å². The summed E-state index contributed by atoms with van der Waals surface area (Å²) in [6.07, 6.45) is 2.37. The van der Waals surface area contributed by atoms with E-state index in [0.717, 1.165) is 18.2 Å². The molecule has 1 N–H and O–H groups in total. The van der Waals surface area contributed by atoms with Crippen LogP contribution in [0.3, 0.4) is 0 Å². The monoisotopic (exact) mass is 489 g/mol. The minimum atomic E-state index is -3.54. The summed E-state index contributed by atoms with van der Waals surface area (Å²) in [4.78, 5) is 27.3. The van der Waals surface area contributed by atoms with Crippen molar-refractivity contribution in [1.82, 2.24) is 10.2 Å². The molecule has 0 bridgehead atoms. The van der Waals surface area contributed by atoms with Crippen LogP contribution in [0.1, 0.15) is 38.7 Å². The van der Waals surface area contributed by atoms with E-state index in [1.165, 1.54) is 4.31 Å². The number of methoxy groups -OCH3 is 1. The van der Waals surface area contributed by atoms with E-state index in [1.54, 1.807) is 43.2 Å². The number of sulfonamides is 1. The SMILES string of the molecule is CCCNC(=O)C(C)N(Cc1ccccc1)C(=O)CCCN(c1ccc(OC)cc1)S(C)(=O)=O. The maximum atomic E-state index is 13.2. The topological polar surface area (TPSA) is 96.0 Å². The van der Waals surface area contributed by atoms with Crippen molar-refractivity contribution >= 4 is 27.5 Å². The van der Waals surface area contributed by atoms with Crippen molar-refractivity contribution in [3.8, 4) is 5.75 Å². The summed E-state index contributed by atoms with van der Waals surface area (Å²) in [5, 5.41) is 2.85. The van der Waals surface area contributed by atoms with Crippen molar-refractivity contribution in [3.05, 3.63) is 60.2 Å². The first-order valence-electron chi connectivity index (χ1n) is 11.4. The normalized spacial score (nSPS) is 12.0. The number of benzene rings is 2. The number of carbonyl (C=O) groups is 2. The van der Waals surface area contributed by atoms with E-state index in [9.17, 15) is 18.0 Å². The Balaban J connectivity index is 2.11. The fourth-order valence-corrected chi connectivity index (χ4v) is 4.48. The van der Waals surface area contributed by atoms with Crippen LogP contribution in [0.25, 0.3) is 0 Å². The van der Waals surface area contributed by atoms with Gasteiger partial charge >= 0.3 is 0 Å². The summed E-state index contributed by atoms with van der Waals surface area (Å²) in [7, 11) is -2.00. The molecule has 0 aliphatic rings. The average molecular weight is 490 g/mol. The van der Waals surface area contributed by atoms with Gasteiger partial charge in [0, 0.05) is 26.1 Å². The predicted molar refractivity (Wildman–Crippen MR) is 134 cm³/mol. The van der Waals surface area contributed by atoms with Gasteiger partial charge in [0.1, 0.15) is 11.8 Å². The largest absolute Gasteiger partial charge is 0.497 e. The Morgan fingerprint density at radius 1 is 1.06 bits per heavy atom. The van der Waals surface area contributed by atoms with Crippen LogP contribution in [0, 0.1) is 0 Å². The number of anilines is 1. The van der Waals surface area contributed by atoms with Crippen LogP contribution in [0.4, 0.5) is 5.69 Å². The molecule has 0 radical (unpaired) electrons. The Hall–Kier alpha value is -3.07. The molecule has 0 saturated heterocycles. The maximum absolute atomic E-state index is 13.2. The molecular formula is C25H35N3O5S. The number of rotatable bonds is 13. The standard InChI is InChI=1S/C25H35N3O5S/c1-5-17-26-25(30)20(2)27(19-21-10-7-6-8-11-21)24(29)12-9-18-28(34(4,31)32)22-13-15-23(33-3)16-14-22/h6-8,10-11,13-16,20H,5,9,12,17-19H2,1-4H3,(H,26,30). The quantitative estimate of drug-likeness (QED) is 0.466. The fourth-order valence-electron chi connectivity index (χ4n) is 3.51. The molecule has 2 aromatic rings. The number of nitrogens with zero attached hydrogens (tertiary/aromatic N) is 2. The van der Waals surface area contributed by atoms with Crippen LogP contribution < -0.4 is 14.4 Å². The van der Waals surface area contributed by atoms with Crippen LogP contribution in [-0.2, 0) is 26.2 Å². The van der Waals surface area contributed by atoms with Gasteiger partial charge in [-0.05, 0) is 49.6 Å². The van der Waals surface area contributed by atoms with Crippen molar-refractivity contribution in [2.45, 2.75) is 45.7 Å². The second-order valence-electron chi connectivity index (χ2n) is 8.11. The molecular weight excluding hydrogens is 454 g/mol. The third kappa shape index (κ3) is 8.06. The molecule has 0 heterocycles. The van der Waals surface area contributed by atoms with E-state index in [-0.39, 0.29) is 24.8 Å². The average Bonchev–Trinajstić information content (AvgIpc) is 2.83. The van der Waals surface area contributed by atoms with Gasteiger partial charge in [-0.2, -0.15) is 0 Å². The molecule has 0 spiro atoms. The van der Waals surface area contributed by atoms with E-state index in [4.69, 9.17) is 4.74 Å². The number of carbonyl (C=O) groups excluding carboxylic acids is 2. The molecule has 0 fully saturated rings. The van der Waals surface area contributed by atoms with E-state index in [2.05, 4.69) is 5.32 Å². The molecule has 1 unspecified atom stereocenters. The summed E-state index contributed by atoms with van der Waals surface area (Å²) in [5.41, 5.74) is 1.42. The van der Waals surface area contributed by atoms with Gasteiger partial charge in [0.15, 0.2) is 0 Å². The van der Waals surface area contributed by atoms with Gasteiger partial charge in [0.25, 0.3) is 0 Å². The van der Waals surface area contributed by atoms with E-state index < -0.39 is 16.1 Å². The first-order valence-corrected chi connectivity index (χ1v) is 13.2. The minimum Gasteiger partial charge on any atom is -0.497 e. The van der Waals surface area contributed by atoms with Crippen LogP contribution in [0.5, 0.6) is 5.75 Å². The highest BCUT2D eigenvalue weighted by molar-refractivity contribution is 7.92. The first-order chi connectivity index (χ1) is 16.2. The van der Waals surface area contributed by atoms with Gasteiger partial charge in [0.05, 0.1) is 19.1 Å². The highest BCUT2D eigenvalue weighted by Crippen LogP contribution is 2.22. The molecule has 0 aromatic heterocycles. The minimum absolute atomic E-state index is 0.112. The second-order valence-corrected chi connectivity index (χ2v) is 10.0. The van der Waals surface area contributed by atoms with Crippen molar-refractivity contribution in [2.75, 3.05) is 30.8 Å². The predicted octanol–water partition coefficient (Wildman–Crippen LogP) is 3.18. The summed E-state index contributed by atoms with van der Waals surface area (Å²) in [6, 6.07) is 15.6. The third-order valence-electron chi connectivity index (χ3n) is 5.42. The third-order valence-corrected chi connectivity index (χ3v) is 6.62. The molecule has 9 heteroatoms. The number of ether oxygens (including phenoxy) is 1. The second kappa shape index (κ2) is 13.0. The molecule has 186 valence electrons. The number of amides is 2. The molecule has 2 rings (SSSR count). The highest BCUT2D eigenvalue weighted by atomic mass is 32.2. The Kier molecular flexibility index (Phi) is 10.4. The van der Waals surface area contributed by atoms with E-state index in [1.807, 2.05) is 37.3 Å². The van der Waals surface area contributed by atoms with Crippen LogP contribution in [0.2, 0.25) is 0 Å². The van der Waals surface area contributed by atoms with Crippen molar-refractivity contribution in [3.63, 3.8) is 0 Å². The zero-order valence-electron chi connectivity index (χ0n) is 20.4. The summed E-state index contributed by atoms with van der Waals surface area (Å²) < 4.78 is 31.2. The number of hydrogen-bond acceptors (Lipinski definition) is 5. The molecule has 1 atom stereocenters. The van der Waals surface area contributed by atoms with Gasteiger partial charge < -0.3 is 15.0 Å². The highest BCUT2D eigenvalue weighted by Gasteiger charge is 2.26. The van der Waals surface area contributed by atoms with Gasteiger partial charge in [-0.25, -0.2) is 8.42 Å². The Bertz CT molecular complexity index is 1030. The van der Waals surface area contributed by atoms with Crippen molar-refractivity contribution < 1.29 is 22.7 Å². The Labute approximate surface area is 202 Å². The van der Waals surface area contributed by atoms with Gasteiger partial charge in [-0.1, -0.05) is 37.3 Å². The maximum Gasteiger partial charge on any atom is 0.242 e. The Morgan fingerprint density at radius 2 is 1.71 bits per heavy atom. The number of nitrogens with one attached hydrogen (secondary N) is 1. The van der Waals surface area contributed by atoms with Crippen molar-refractivity contribution in [2.24, 2.45) is 0 Å². The zero-order valence-corrected chi connectivity index (χ0v) is 21.2. The first kappa shape index (κ1) is 27.2. The molecule has 0 saturated carbocycles. The lowest BCUT2D eigenvalue weighted by molar-refractivity contribution is -0.140. The fraction of sp³-hybridized carbons (Fsp3) is 0.440. The smallest absolute Gasteiger partial charge is 0.242 e. The van der Waals surface area contributed by atoms with Crippen LogP contribution in [0.15, 0.2) is 54.6 Å². The van der Waals surface area contributed by atoms with Gasteiger partial charge in [0.2, 0.25) is 21.8 Å². The molecule has 0 aliphatic heterocycles. The summed E-state index contributed by atoms with van der Waals surface area (Å²) in [5.74, 6) is 0.215. The van der Waals surface area contributed by atoms with E-state index >= 15 is 0 Å². The zero-order chi connectivity index (χ0) is 25.1. The summed E-state index contributed by atoms with van der Waals surface area (Å²) >= 11 is 0. The molecule has 2 aromatic carbocycles. The molecule has 34 heavy (non-hydrogen) atoms. The van der Waals surface area contributed by atoms with E-state index in [0.29, 0.717) is 30.9 Å². The Morgan fingerprint density at radius 3 is 2.26 bits per heavy atom.